The summed E-state index contributed by atoms with van der Waals surface area (Å²) in [5, 5.41) is 3.22. The lowest BCUT2D eigenvalue weighted by molar-refractivity contribution is 0.0761. The SMILES string of the molecule is CCCNc1cc(C(=O)N(C)CC2CCCN2C)ccn1. The molecule has 1 N–H and O–H groups in total. The highest BCUT2D eigenvalue weighted by molar-refractivity contribution is 5.94. The summed E-state index contributed by atoms with van der Waals surface area (Å²) < 4.78 is 0. The topological polar surface area (TPSA) is 48.5 Å². The predicted octanol–water partition coefficient (Wildman–Crippen LogP) is 2.07. The van der Waals surface area contributed by atoms with Crippen molar-refractivity contribution in [1.29, 1.82) is 0 Å². The molecule has 0 saturated carbocycles. The van der Waals surface area contributed by atoms with E-state index in [-0.39, 0.29) is 5.91 Å². The normalized spacial score (nSPS) is 18.7. The Bertz CT molecular complexity index is 477. The van der Waals surface area contributed by atoms with Gasteiger partial charge in [0.2, 0.25) is 0 Å². The van der Waals surface area contributed by atoms with E-state index in [1.165, 1.54) is 12.8 Å². The summed E-state index contributed by atoms with van der Waals surface area (Å²) in [6.07, 6.45) is 5.13. The minimum atomic E-state index is 0.0669. The molecule has 2 rings (SSSR count). The maximum Gasteiger partial charge on any atom is 0.253 e. The van der Waals surface area contributed by atoms with E-state index in [0.717, 1.165) is 31.9 Å². The summed E-state index contributed by atoms with van der Waals surface area (Å²) in [4.78, 5) is 20.9. The van der Waals surface area contributed by atoms with Gasteiger partial charge in [-0.15, -0.1) is 0 Å². The van der Waals surface area contributed by atoms with E-state index in [1.54, 1.807) is 12.3 Å². The van der Waals surface area contributed by atoms with E-state index >= 15 is 0 Å². The zero-order valence-corrected chi connectivity index (χ0v) is 13.3. The number of pyridine rings is 1. The highest BCUT2D eigenvalue weighted by atomic mass is 16.2. The van der Waals surface area contributed by atoms with Gasteiger partial charge in [-0.25, -0.2) is 4.98 Å². The molecule has 5 heteroatoms. The molecular weight excluding hydrogens is 264 g/mol. The van der Waals surface area contributed by atoms with Crippen LogP contribution < -0.4 is 5.32 Å². The van der Waals surface area contributed by atoms with Crippen LogP contribution in [0.1, 0.15) is 36.5 Å². The number of aromatic nitrogens is 1. The van der Waals surface area contributed by atoms with Gasteiger partial charge < -0.3 is 15.1 Å². The van der Waals surface area contributed by atoms with Gasteiger partial charge in [-0.05, 0) is 45.0 Å². The van der Waals surface area contributed by atoms with Gasteiger partial charge in [0, 0.05) is 37.9 Å². The standard InChI is InChI=1S/C16H26N4O/c1-4-8-17-15-11-13(7-9-18-15)16(21)20(3)12-14-6-5-10-19(14)2/h7,9,11,14H,4-6,8,10,12H2,1-3H3,(H,17,18). The maximum absolute atomic E-state index is 12.5. The van der Waals surface area contributed by atoms with Crippen molar-refractivity contribution in [2.75, 3.05) is 39.0 Å². The molecule has 1 aromatic rings. The number of amides is 1. The first kappa shape index (κ1) is 15.8. The average Bonchev–Trinajstić information content (AvgIpc) is 2.90. The zero-order chi connectivity index (χ0) is 15.2. The quantitative estimate of drug-likeness (QED) is 0.871. The van der Waals surface area contributed by atoms with Crippen LogP contribution in [0.25, 0.3) is 0 Å². The molecule has 116 valence electrons. The number of carbonyl (C=O) groups is 1. The number of hydrogen-bond donors (Lipinski definition) is 1. The van der Waals surface area contributed by atoms with Crippen molar-refractivity contribution >= 4 is 11.7 Å². The van der Waals surface area contributed by atoms with Crippen LogP contribution >= 0.6 is 0 Å². The van der Waals surface area contributed by atoms with Crippen LogP contribution in [0, 0.1) is 0 Å². The Morgan fingerprint density at radius 2 is 2.38 bits per heavy atom. The van der Waals surface area contributed by atoms with Crippen LogP contribution in [0.4, 0.5) is 5.82 Å². The van der Waals surface area contributed by atoms with Gasteiger partial charge in [0.15, 0.2) is 0 Å². The zero-order valence-electron chi connectivity index (χ0n) is 13.3. The summed E-state index contributed by atoms with van der Waals surface area (Å²) >= 11 is 0. The van der Waals surface area contributed by atoms with Gasteiger partial charge in [0.1, 0.15) is 5.82 Å². The van der Waals surface area contributed by atoms with Crippen molar-refractivity contribution in [3.05, 3.63) is 23.9 Å². The lowest BCUT2D eigenvalue weighted by atomic mass is 10.2. The fourth-order valence-corrected chi connectivity index (χ4v) is 2.74. The highest BCUT2D eigenvalue weighted by Gasteiger charge is 2.24. The summed E-state index contributed by atoms with van der Waals surface area (Å²) in [6.45, 7) is 4.89. The predicted molar refractivity (Wildman–Crippen MR) is 85.6 cm³/mol. The largest absolute Gasteiger partial charge is 0.370 e. The molecular formula is C16H26N4O. The smallest absolute Gasteiger partial charge is 0.253 e. The third kappa shape index (κ3) is 4.17. The first-order valence-corrected chi connectivity index (χ1v) is 7.77. The molecule has 5 nitrogen and oxygen atoms in total. The molecule has 0 bridgehead atoms. The Hall–Kier alpha value is -1.62. The molecule has 1 amide bonds. The van der Waals surface area contributed by atoms with Gasteiger partial charge in [0.25, 0.3) is 5.91 Å². The second kappa shape index (κ2) is 7.41. The van der Waals surface area contributed by atoms with E-state index in [9.17, 15) is 4.79 Å². The van der Waals surface area contributed by atoms with Gasteiger partial charge in [-0.1, -0.05) is 6.92 Å². The molecule has 1 unspecified atom stereocenters. The molecule has 1 aromatic heterocycles. The number of nitrogens with one attached hydrogen (secondary N) is 1. The molecule has 21 heavy (non-hydrogen) atoms. The molecule has 2 heterocycles. The number of anilines is 1. The van der Waals surface area contributed by atoms with Crippen molar-refractivity contribution in [3.63, 3.8) is 0 Å². The number of carbonyl (C=O) groups excluding carboxylic acids is 1. The summed E-state index contributed by atoms with van der Waals surface area (Å²) in [7, 11) is 4.02. The minimum absolute atomic E-state index is 0.0669. The lowest BCUT2D eigenvalue weighted by Gasteiger charge is -2.26. The van der Waals surface area contributed by atoms with Crippen molar-refractivity contribution < 1.29 is 4.79 Å². The Balaban J connectivity index is 1.98. The minimum Gasteiger partial charge on any atom is -0.370 e. The molecule has 0 spiro atoms. The van der Waals surface area contributed by atoms with Crippen LogP contribution in [0.15, 0.2) is 18.3 Å². The number of hydrogen-bond acceptors (Lipinski definition) is 4. The van der Waals surface area contributed by atoms with Crippen LogP contribution in [0.3, 0.4) is 0 Å². The third-order valence-electron chi connectivity index (χ3n) is 4.07. The van der Waals surface area contributed by atoms with E-state index in [1.807, 2.05) is 18.0 Å². The highest BCUT2D eigenvalue weighted by Crippen LogP contribution is 2.17. The van der Waals surface area contributed by atoms with Gasteiger partial charge >= 0.3 is 0 Å². The van der Waals surface area contributed by atoms with Gasteiger partial charge in [-0.2, -0.15) is 0 Å². The van der Waals surface area contributed by atoms with E-state index < -0.39 is 0 Å². The Morgan fingerprint density at radius 3 is 3.05 bits per heavy atom. The van der Waals surface area contributed by atoms with Gasteiger partial charge in [0.05, 0.1) is 0 Å². The molecule has 0 radical (unpaired) electrons. The Morgan fingerprint density at radius 1 is 1.57 bits per heavy atom. The molecule has 1 saturated heterocycles. The monoisotopic (exact) mass is 290 g/mol. The second-order valence-corrected chi connectivity index (χ2v) is 5.82. The Labute approximate surface area is 127 Å². The van der Waals surface area contributed by atoms with Crippen molar-refractivity contribution in [2.24, 2.45) is 0 Å². The third-order valence-corrected chi connectivity index (χ3v) is 4.07. The van der Waals surface area contributed by atoms with Crippen LogP contribution in [-0.4, -0.2) is 60.5 Å². The molecule has 1 aliphatic rings. The summed E-state index contributed by atoms with van der Waals surface area (Å²) in [5.74, 6) is 0.839. The van der Waals surface area contributed by atoms with Crippen LogP contribution in [0.2, 0.25) is 0 Å². The number of nitrogens with zero attached hydrogens (tertiary/aromatic N) is 3. The van der Waals surface area contributed by atoms with E-state index in [2.05, 4.69) is 29.2 Å². The molecule has 1 atom stereocenters. The number of likely N-dealkylation sites (N-methyl/N-ethyl adjacent to an activating group) is 2. The van der Waals surface area contributed by atoms with Crippen molar-refractivity contribution in [2.45, 2.75) is 32.2 Å². The fraction of sp³-hybridized carbons (Fsp3) is 0.625. The maximum atomic E-state index is 12.5. The molecule has 1 fully saturated rings. The van der Waals surface area contributed by atoms with Crippen molar-refractivity contribution in [3.8, 4) is 0 Å². The number of likely N-dealkylation sites (tertiary alicyclic amines) is 1. The first-order valence-electron chi connectivity index (χ1n) is 7.77. The molecule has 0 aliphatic carbocycles. The van der Waals surface area contributed by atoms with E-state index in [0.29, 0.717) is 11.6 Å². The van der Waals surface area contributed by atoms with Crippen molar-refractivity contribution in [1.82, 2.24) is 14.8 Å². The molecule has 1 aliphatic heterocycles. The lowest BCUT2D eigenvalue weighted by Crippen LogP contribution is -2.39. The summed E-state index contributed by atoms with van der Waals surface area (Å²) in [6, 6.07) is 4.11. The van der Waals surface area contributed by atoms with Crippen LogP contribution in [0.5, 0.6) is 0 Å². The Kier molecular flexibility index (Phi) is 5.56. The number of rotatable bonds is 6. The molecule has 0 aromatic carbocycles. The fourth-order valence-electron chi connectivity index (χ4n) is 2.74. The van der Waals surface area contributed by atoms with E-state index in [4.69, 9.17) is 0 Å². The average molecular weight is 290 g/mol. The summed E-state index contributed by atoms with van der Waals surface area (Å²) in [5.41, 5.74) is 0.701. The van der Waals surface area contributed by atoms with Crippen LogP contribution in [-0.2, 0) is 0 Å². The van der Waals surface area contributed by atoms with Gasteiger partial charge in [-0.3, -0.25) is 4.79 Å². The first-order chi connectivity index (χ1) is 10.1. The second-order valence-electron chi connectivity index (χ2n) is 5.82.